The first kappa shape index (κ1) is 12.7. The molecule has 0 spiro atoms. The Balaban J connectivity index is 4.58. The van der Waals surface area contributed by atoms with Crippen LogP contribution >= 0.6 is 0 Å². The lowest BCUT2D eigenvalue weighted by molar-refractivity contribution is 0.0792. The second-order valence-corrected chi connectivity index (χ2v) is 9.17. The van der Waals surface area contributed by atoms with E-state index in [1.165, 1.54) is 0 Å². The highest BCUT2D eigenvalue weighted by Gasteiger charge is 2.35. The maximum atomic E-state index is 9.10. The van der Waals surface area contributed by atoms with Gasteiger partial charge >= 0.3 is 0 Å². The molecule has 0 aliphatic heterocycles. The van der Waals surface area contributed by atoms with E-state index in [1.54, 1.807) is 0 Å². The molecule has 0 N–H and O–H groups in total. The molecule has 2 nitrogen and oxygen atoms in total. The van der Waals surface area contributed by atoms with Crippen molar-refractivity contribution in [1.82, 2.24) is 0 Å². The fourth-order valence-corrected chi connectivity index (χ4v) is 2.78. The maximum absolute atomic E-state index is 9.10. The quantitative estimate of drug-likeness (QED) is 0.652. The average molecular weight is 199 g/mol. The maximum Gasteiger partial charge on any atom is 0.185 e. The second-order valence-electron chi connectivity index (χ2n) is 4.74. The summed E-state index contributed by atoms with van der Waals surface area (Å²) in [5.41, 5.74) is -0.598. The smallest absolute Gasteiger partial charge is 0.185 e. The molecule has 3 heteroatoms. The minimum Gasteiger partial charge on any atom is -0.400 e. The number of nitrogens with zero attached hydrogens (tertiary/aromatic N) is 1. The van der Waals surface area contributed by atoms with Crippen LogP contribution in [-0.4, -0.2) is 13.9 Å². The SMILES string of the molecule is CCC(C)C(C)(C#N)O[Si](C)(C)C. The largest absolute Gasteiger partial charge is 0.400 e. The van der Waals surface area contributed by atoms with Gasteiger partial charge in [-0.25, -0.2) is 0 Å². The van der Waals surface area contributed by atoms with E-state index in [0.29, 0.717) is 5.92 Å². The zero-order valence-corrected chi connectivity index (χ0v) is 10.6. The third-order valence-electron chi connectivity index (χ3n) is 2.29. The molecule has 0 aliphatic rings. The van der Waals surface area contributed by atoms with Gasteiger partial charge in [0.1, 0.15) is 5.60 Å². The molecule has 2 unspecified atom stereocenters. The van der Waals surface area contributed by atoms with E-state index in [1.807, 2.05) is 6.92 Å². The van der Waals surface area contributed by atoms with E-state index >= 15 is 0 Å². The van der Waals surface area contributed by atoms with Crippen molar-refractivity contribution in [1.29, 1.82) is 5.26 Å². The lowest BCUT2D eigenvalue weighted by atomic mass is 9.90. The van der Waals surface area contributed by atoms with E-state index in [2.05, 4.69) is 39.6 Å². The number of hydrogen-bond donors (Lipinski definition) is 0. The molecule has 0 aromatic carbocycles. The number of hydrogen-bond acceptors (Lipinski definition) is 2. The minimum absolute atomic E-state index is 0.296. The number of rotatable bonds is 4. The lowest BCUT2D eigenvalue weighted by Gasteiger charge is -2.34. The van der Waals surface area contributed by atoms with E-state index in [4.69, 9.17) is 9.69 Å². The monoisotopic (exact) mass is 199 g/mol. The van der Waals surface area contributed by atoms with Crippen molar-refractivity contribution in [3.63, 3.8) is 0 Å². The highest BCUT2D eigenvalue weighted by Crippen LogP contribution is 2.27. The zero-order valence-electron chi connectivity index (χ0n) is 9.64. The lowest BCUT2D eigenvalue weighted by Crippen LogP contribution is -2.43. The molecule has 0 aromatic rings. The van der Waals surface area contributed by atoms with Gasteiger partial charge in [0.25, 0.3) is 0 Å². The molecule has 2 atom stereocenters. The molecule has 0 aliphatic carbocycles. The second kappa shape index (κ2) is 4.25. The summed E-state index contributed by atoms with van der Waals surface area (Å²) in [7, 11) is -1.62. The van der Waals surface area contributed by atoms with Gasteiger partial charge in [0.05, 0.1) is 6.07 Å². The third-order valence-corrected chi connectivity index (χ3v) is 3.33. The predicted molar refractivity (Wildman–Crippen MR) is 57.9 cm³/mol. The third kappa shape index (κ3) is 3.92. The van der Waals surface area contributed by atoms with E-state index in [-0.39, 0.29) is 0 Å². The van der Waals surface area contributed by atoms with Gasteiger partial charge in [-0.2, -0.15) is 5.26 Å². The molecule has 0 heterocycles. The van der Waals surface area contributed by atoms with Crippen molar-refractivity contribution < 1.29 is 4.43 Å². The van der Waals surface area contributed by atoms with Crippen LogP contribution in [0.1, 0.15) is 27.2 Å². The Morgan fingerprint density at radius 3 is 2.15 bits per heavy atom. The standard InChI is InChI=1S/C10H21NOSi/c1-7-9(2)10(3,8-11)12-13(4,5)6/h9H,7H2,1-6H3. The Kier molecular flexibility index (Phi) is 4.14. The van der Waals surface area contributed by atoms with Gasteiger partial charge < -0.3 is 4.43 Å². The van der Waals surface area contributed by atoms with Gasteiger partial charge in [-0.05, 0) is 38.9 Å². The Labute approximate surface area is 83.0 Å². The molecule has 0 amide bonds. The average Bonchev–Trinajstić information content (AvgIpc) is 1.99. The molecule has 0 aromatic heterocycles. The van der Waals surface area contributed by atoms with E-state index in [9.17, 15) is 0 Å². The molecule has 13 heavy (non-hydrogen) atoms. The molecule has 0 saturated heterocycles. The van der Waals surface area contributed by atoms with Gasteiger partial charge in [-0.1, -0.05) is 13.8 Å². The summed E-state index contributed by atoms with van der Waals surface area (Å²) in [5, 5.41) is 9.10. The summed E-state index contributed by atoms with van der Waals surface area (Å²) in [4.78, 5) is 0. The first-order valence-electron chi connectivity index (χ1n) is 4.86. The van der Waals surface area contributed by atoms with Gasteiger partial charge in [0, 0.05) is 0 Å². The number of nitriles is 1. The van der Waals surface area contributed by atoms with Crippen LogP contribution in [0.3, 0.4) is 0 Å². The summed E-state index contributed by atoms with van der Waals surface area (Å²) in [5.74, 6) is 0.296. The molecular weight excluding hydrogens is 178 g/mol. The molecule has 0 radical (unpaired) electrons. The highest BCUT2D eigenvalue weighted by atomic mass is 28.4. The Morgan fingerprint density at radius 1 is 1.46 bits per heavy atom. The van der Waals surface area contributed by atoms with Crippen molar-refractivity contribution in [2.75, 3.05) is 0 Å². The van der Waals surface area contributed by atoms with Crippen LogP contribution in [0.4, 0.5) is 0 Å². The summed E-state index contributed by atoms with van der Waals surface area (Å²) in [6, 6.07) is 2.30. The fraction of sp³-hybridized carbons (Fsp3) is 0.900. The van der Waals surface area contributed by atoms with Crippen LogP contribution in [0.25, 0.3) is 0 Å². The summed E-state index contributed by atoms with van der Waals surface area (Å²) < 4.78 is 5.90. The summed E-state index contributed by atoms with van der Waals surface area (Å²) >= 11 is 0. The minimum atomic E-state index is -1.62. The molecule has 0 rings (SSSR count). The van der Waals surface area contributed by atoms with Gasteiger partial charge in [0.15, 0.2) is 8.32 Å². The van der Waals surface area contributed by atoms with Crippen molar-refractivity contribution in [2.45, 2.75) is 52.4 Å². The van der Waals surface area contributed by atoms with Crippen LogP contribution in [0.2, 0.25) is 19.6 Å². The van der Waals surface area contributed by atoms with E-state index in [0.717, 1.165) is 6.42 Å². The Morgan fingerprint density at radius 2 is 1.92 bits per heavy atom. The molecule has 0 fully saturated rings. The van der Waals surface area contributed by atoms with Crippen molar-refractivity contribution in [2.24, 2.45) is 5.92 Å². The predicted octanol–water partition coefficient (Wildman–Crippen LogP) is 3.17. The van der Waals surface area contributed by atoms with Crippen LogP contribution in [0.5, 0.6) is 0 Å². The van der Waals surface area contributed by atoms with Crippen molar-refractivity contribution in [3.05, 3.63) is 0 Å². The topological polar surface area (TPSA) is 33.0 Å². The first-order valence-corrected chi connectivity index (χ1v) is 8.27. The van der Waals surface area contributed by atoms with Crippen LogP contribution < -0.4 is 0 Å². The highest BCUT2D eigenvalue weighted by molar-refractivity contribution is 6.69. The van der Waals surface area contributed by atoms with Gasteiger partial charge in [-0.3, -0.25) is 0 Å². The van der Waals surface area contributed by atoms with Crippen molar-refractivity contribution >= 4 is 8.32 Å². The normalized spacial score (nSPS) is 18.8. The van der Waals surface area contributed by atoms with E-state index < -0.39 is 13.9 Å². The van der Waals surface area contributed by atoms with Crippen molar-refractivity contribution in [3.8, 4) is 6.07 Å². The fourth-order valence-electron chi connectivity index (χ4n) is 1.26. The van der Waals surface area contributed by atoms with Gasteiger partial charge in [0.2, 0.25) is 0 Å². The van der Waals surface area contributed by atoms with Crippen LogP contribution in [0, 0.1) is 17.2 Å². The first-order chi connectivity index (χ1) is 5.75. The van der Waals surface area contributed by atoms with Crippen LogP contribution in [-0.2, 0) is 4.43 Å². The molecule has 76 valence electrons. The van der Waals surface area contributed by atoms with Crippen LogP contribution in [0.15, 0.2) is 0 Å². The summed E-state index contributed by atoms with van der Waals surface area (Å²) in [6.45, 7) is 12.4. The van der Waals surface area contributed by atoms with Gasteiger partial charge in [-0.15, -0.1) is 0 Å². The molecule has 0 bridgehead atoms. The summed E-state index contributed by atoms with van der Waals surface area (Å²) in [6.07, 6.45) is 0.981. The Hall–Kier alpha value is -0.333. The Bertz CT molecular complexity index is 204. The molecule has 0 saturated carbocycles. The molecular formula is C10H21NOSi. The zero-order chi connectivity index (χ0) is 10.7.